The molecule has 1 aromatic heterocycles. The summed E-state index contributed by atoms with van der Waals surface area (Å²) >= 11 is 0. The van der Waals surface area contributed by atoms with Crippen molar-refractivity contribution in [2.24, 2.45) is 0 Å². The second-order valence-corrected chi connectivity index (χ2v) is 3.63. The van der Waals surface area contributed by atoms with Crippen LogP contribution in [0.1, 0.15) is 29.2 Å². The van der Waals surface area contributed by atoms with Crippen molar-refractivity contribution in [1.29, 1.82) is 0 Å². The van der Waals surface area contributed by atoms with Gasteiger partial charge in [0, 0.05) is 5.56 Å². The molecule has 70 valence electrons. The Morgan fingerprint density at radius 1 is 1.43 bits per heavy atom. The fourth-order valence-corrected chi connectivity index (χ4v) is 1.62. The molecule has 0 unspecified atom stereocenters. The minimum atomic E-state index is 0.502. The lowest BCUT2D eigenvalue weighted by molar-refractivity contribution is 0.112. The molecule has 0 amide bonds. The first-order chi connectivity index (χ1) is 6.88. The molecule has 1 aromatic carbocycles. The normalized spacial score (nSPS) is 16.0. The summed E-state index contributed by atoms with van der Waals surface area (Å²) < 4.78 is 1.92. The van der Waals surface area contributed by atoms with Crippen molar-refractivity contribution < 1.29 is 4.79 Å². The van der Waals surface area contributed by atoms with E-state index in [-0.39, 0.29) is 0 Å². The second-order valence-electron chi connectivity index (χ2n) is 3.63. The predicted octanol–water partition coefficient (Wildman–Crippen LogP) is 1.58. The number of rotatable bonds is 2. The van der Waals surface area contributed by atoms with E-state index in [4.69, 9.17) is 0 Å². The van der Waals surface area contributed by atoms with Gasteiger partial charge in [-0.1, -0.05) is 5.21 Å². The molecule has 0 spiro atoms. The van der Waals surface area contributed by atoms with Crippen LogP contribution in [0.5, 0.6) is 0 Å². The zero-order valence-electron chi connectivity index (χ0n) is 7.55. The molecular weight excluding hydrogens is 178 g/mol. The van der Waals surface area contributed by atoms with Gasteiger partial charge in [-0.15, -0.1) is 5.10 Å². The van der Waals surface area contributed by atoms with Crippen LogP contribution in [0, 0.1) is 0 Å². The fourth-order valence-electron chi connectivity index (χ4n) is 1.62. The van der Waals surface area contributed by atoms with E-state index in [1.165, 1.54) is 12.8 Å². The summed E-state index contributed by atoms with van der Waals surface area (Å²) in [7, 11) is 0. The highest BCUT2D eigenvalue weighted by molar-refractivity contribution is 5.84. The van der Waals surface area contributed by atoms with Crippen LogP contribution in [-0.4, -0.2) is 21.3 Å². The topological polar surface area (TPSA) is 47.8 Å². The monoisotopic (exact) mass is 187 g/mol. The van der Waals surface area contributed by atoms with Crippen LogP contribution in [0.3, 0.4) is 0 Å². The quantitative estimate of drug-likeness (QED) is 0.670. The lowest BCUT2D eigenvalue weighted by atomic mass is 10.2. The lowest BCUT2D eigenvalue weighted by Crippen LogP contribution is -1.96. The van der Waals surface area contributed by atoms with Gasteiger partial charge in [0.25, 0.3) is 0 Å². The van der Waals surface area contributed by atoms with Crippen LogP contribution >= 0.6 is 0 Å². The predicted molar refractivity (Wildman–Crippen MR) is 51.2 cm³/mol. The Bertz CT molecular complexity index is 499. The third-order valence-corrected chi connectivity index (χ3v) is 2.52. The van der Waals surface area contributed by atoms with Crippen molar-refractivity contribution in [2.45, 2.75) is 18.9 Å². The van der Waals surface area contributed by atoms with E-state index in [1.807, 2.05) is 16.8 Å². The minimum Gasteiger partial charge on any atom is -0.298 e. The zero-order chi connectivity index (χ0) is 9.54. The highest BCUT2D eigenvalue weighted by Crippen LogP contribution is 2.36. The number of benzene rings is 1. The van der Waals surface area contributed by atoms with Gasteiger partial charge in [0.05, 0.1) is 11.6 Å². The number of carbonyl (C=O) groups excluding carboxylic acids is 1. The molecule has 0 N–H and O–H groups in total. The van der Waals surface area contributed by atoms with Crippen molar-refractivity contribution in [3.05, 3.63) is 23.8 Å². The first-order valence-corrected chi connectivity index (χ1v) is 4.68. The molecule has 4 heteroatoms. The molecule has 1 aliphatic rings. The summed E-state index contributed by atoms with van der Waals surface area (Å²) in [5, 5.41) is 8.14. The van der Waals surface area contributed by atoms with Crippen molar-refractivity contribution >= 4 is 17.3 Å². The molecule has 1 aliphatic carbocycles. The van der Waals surface area contributed by atoms with Gasteiger partial charge in [-0.05, 0) is 31.0 Å². The second kappa shape index (κ2) is 2.64. The Kier molecular flexibility index (Phi) is 1.45. The third-order valence-electron chi connectivity index (χ3n) is 2.52. The third kappa shape index (κ3) is 1.04. The number of aldehydes is 1. The first kappa shape index (κ1) is 7.67. The summed E-state index contributed by atoms with van der Waals surface area (Å²) in [6.07, 6.45) is 3.19. The maximum atomic E-state index is 10.6. The fraction of sp³-hybridized carbons (Fsp3) is 0.300. The van der Waals surface area contributed by atoms with Crippen LogP contribution in [-0.2, 0) is 0 Å². The van der Waals surface area contributed by atoms with E-state index < -0.39 is 0 Å². The van der Waals surface area contributed by atoms with Gasteiger partial charge in [0.1, 0.15) is 11.8 Å². The SMILES string of the molecule is O=Cc1ccc2nnn(C3CC3)c2c1. The number of hydrogen-bond donors (Lipinski definition) is 0. The number of aromatic nitrogens is 3. The zero-order valence-corrected chi connectivity index (χ0v) is 7.55. The summed E-state index contributed by atoms with van der Waals surface area (Å²) in [5.41, 5.74) is 2.52. The molecule has 1 heterocycles. The molecule has 14 heavy (non-hydrogen) atoms. The van der Waals surface area contributed by atoms with E-state index in [9.17, 15) is 4.79 Å². The van der Waals surface area contributed by atoms with Gasteiger partial charge in [0.2, 0.25) is 0 Å². The number of hydrogen-bond acceptors (Lipinski definition) is 3. The van der Waals surface area contributed by atoms with Crippen LogP contribution in [0.25, 0.3) is 11.0 Å². The van der Waals surface area contributed by atoms with Crippen LogP contribution in [0.15, 0.2) is 18.2 Å². The molecule has 3 rings (SSSR count). The van der Waals surface area contributed by atoms with Crippen LogP contribution < -0.4 is 0 Å². The van der Waals surface area contributed by atoms with Crippen molar-refractivity contribution in [2.75, 3.05) is 0 Å². The van der Waals surface area contributed by atoms with Gasteiger partial charge >= 0.3 is 0 Å². The average Bonchev–Trinajstić information content (AvgIpc) is 2.98. The largest absolute Gasteiger partial charge is 0.298 e. The standard InChI is InChI=1S/C10H9N3O/c14-6-7-1-4-9-10(5-7)13(12-11-9)8-2-3-8/h1,4-6,8H,2-3H2. The molecule has 0 saturated heterocycles. The van der Waals surface area contributed by atoms with E-state index in [2.05, 4.69) is 10.3 Å². The Labute approximate surface area is 80.5 Å². The Hall–Kier alpha value is -1.71. The molecule has 0 aliphatic heterocycles. The maximum Gasteiger partial charge on any atom is 0.150 e. The van der Waals surface area contributed by atoms with E-state index in [0.717, 1.165) is 17.3 Å². The molecule has 1 fully saturated rings. The Morgan fingerprint density at radius 3 is 3.00 bits per heavy atom. The van der Waals surface area contributed by atoms with Crippen molar-refractivity contribution in [1.82, 2.24) is 15.0 Å². The summed E-state index contributed by atoms with van der Waals surface area (Å²) in [6, 6.07) is 5.95. The van der Waals surface area contributed by atoms with E-state index >= 15 is 0 Å². The maximum absolute atomic E-state index is 10.6. The summed E-state index contributed by atoms with van der Waals surface area (Å²) in [6.45, 7) is 0. The Morgan fingerprint density at radius 2 is 2.29 bits per heavy atom. The van der Waals surface area contributed by atoms with Gasteiger partial charge in [0.15, 0.2) is 0 Å². The van der Waals surface area contributed by atoms with E-state index in [0.29, 0.717) is 11.6 Å². The molecule has 1 saturated carbocycles. The lowest BCUT2D eigenvalue weighted by Gasteiger charge is -1.97. The van der Waals surface area contributed by atoms with Crippen LogP contribution in [0.2, 0.25) is 0 Å². The molecule has 2 aromatic rings. The molecule has 0 bridgehead atoms. The van der Waals surface area contributed by atoms with Crippen molar-refractivity contribution in [3.63, 3.8) is 0 Å². The van der Waals surface area contributed by atoms with E-state index in [1.54, 1.807) is 6.07 Å². The highest BCUT2D eigenvalue weighted by Gasteiger charge is 2.26. The summed E-state index contributed by atoms with van der Waals surface area (Å²) in [5.74, 6) is 0. The number of carbonyl (C=O) groups is 1. The molecule has 0 radical (unpaired) electrons. The van der Waals surface area contributed by atoms with Gasteiger partial charge in [-0.3, -0.25) is 4.79 Å². The van der Waals surface area contributed by atoms with Crippen molar-refractivity contribution in [3.8, 4) is 0 Å². The first-order valence-electron chi connectivity index (χ1n) is 4.68. The summed E-state index contributed by atoms with van der Waals surface area (Å²) in [4.78, 5) is 10.6. The minimum absolute atomic E-state index is 0.502. The molecule has 0 atom stereocenters. The highest BCUT2D eigenvalue weighted by atomic mass is 16.1. The van der Waals surface area contributed by atoms with Crippen LogP contribution in [0.4, 0.5) is 0 Å². The van der Waals surface area contributed by atoms with Gasteiger partial charge in [-0.2, -0.15) is 0 Å². The number of nitrogens with zero attached hydrogens (tertiary/aromatic N) is 3. The smallest absolute Gasteiger partial charge is 0.150 e. The Balaban J connectivity index is 2.25. The van der Waals surface area contributed by atoms with Gasteiger partial charge in [-0.25, -0.2) is 4.68 Å². The van der Waals surface area contributed by atoms with Gasteiger partial charge < -0.3 is 0 Å². The number of fused-ring (bicyclic) bond motifs is 1. The molecule has 4 nitrogen and oxygen atoms in total. The average molecular weight is 187 g/mol. The molecular formula is C10H9N3O.